The molecule has 5 rings (SSSR count). The van der Waals surface area contributed by atoms with Crippen molar-refractivity contribution in [2.45, 2.75) is 43.2 Å². The summed E-state index contributed by atoms with van der Waals surface area (Å²) in [4.78, 5) is 16.7. The lowest BCUT2D eigenvalue weighted by Gasteiger charge is -2.36. The van der Waals surface area contributed by atoms with Gasteiger partial charge in [0, 0.05) is 30.0 Å². The number of anilines is 1. The Labute approximate surface area is 225 Å². The van der Waals surface area contributed by atoms with Crippen LogP contribution in [0.15, 0.2) is 90.3 Å². The van der Waals surface area contributed by atoms with E-state index in [-0.39, 0.29) is 24.8 Å². The highest BCUT2D eigenvalue weighted by molar-refractivity contribution is 7.99. The first kappa shape index (κ1) is 25.9. The summed E-state index contributed by atoms with van der Waals surface area (Å²) < 4.78 is 12.8. The summed E-state index contributed by atoms with van der Waals surface area (Å²) in [6.45, 7) is 0.426. The average Bonchev–Trinajstić information content (AvgIpc) is 3.49. The van der Waals surface area contributed by atoms with Crippen molar-refractivity contribution in [3.8, 4) is 0 Å². The van der Waals surface area contributed by atoms with Gasteiger partial charge >= 0.3 is 6.03 Å². The number of rotatable bonds is 9. The van der Waals surface area contributed by atoms with Gasteiger partial charge in [-0.3, -0.25) is 5.10 Å². The highest BCUT2D eigenvalue weighted by Gasteiger charge is 2.32. The van der Waals surface area contributed by atoms with E-state index in [4.69, 9.17) is 9.47 Å². The Hall–Kier alpha value is -3.70. The van der Waals surface area contributed by atoms with E-state index in [1.165, 1.54) is 6.33 Å². The Morgan fingerprint density at radius 1 is 1.00 bits per heavy atom. The number of hydrogen-bond donors (Lipinski definition) is 4. The van der Waals surface area contributed by atoms with Crippen LogP contribution in [0.4, 0.5) is 10.5 Å². The fourth-order valence-electron chi connectivity index (χ4n) is 4.17. The third-order valence-electron chi connectivity index (χ3n) is 6.13. The van der Waals surface area contributed by atoms with E-state index in [0.717, 1.165) is 27.4 Å². The van der Waals surface area contributed by atoms with Gasteiger partial charge in [-0.15, -0.1) is 0 Å². The Morgan fingerprint density at radius 3 is 2.61 bits per heavy atom. The van der Waals surface area contributed by atoms with Gasteiger partial charge in [0.1, 0.15) is 6.33 Å². The number of benzene rings is 3. The maximum atomic E-state index is 12.5. The number of urea groups is 1. The van der Waals surface area contributed by atoms with Gasteiger partial charge in [0.2, 0.25) is 0 Å². The van der Waals surface area contributed by atoms with Crippen LogP contribution in [0.3, 0.4) is 0 Å². The SMILES string of the molecule is O=C(NCc1ccccc1)Nc1cccc([C@H]2O[C@@H](CSc3ncn[nH]3)C[C@@H](c3ccc(CO)cc3)O2)c1. The molecular weight excluding hydrogens is 502 g/mol. The van der Waals surface area contributed by atoms with Gasteiger partial charge in [-0.2, -0.15) is 5.10 Å². The number of H-pyrrole nitrogens is 1. The van der Waals surface area contributed by atoms with Crippen molar-refractivity contribution in [3.05, 3.63) is 107 Å². The number of aliphatic hydroxyl groups is 1. The second kappa shape index (κ2) is 12.7. The zero-order valence-electron chi connectivity index (χ0n) is 20.6. The number of amides is 2. The molecule has 2 amide bonds. The van der Waals surface area contributed by atoms with Crippen LogP contribution in [-0.4, -0.2) is 38.2 Å². The zero-order valence-corrected chi connectivity index (χ0v) is 21.4. The summed E-state index contributed by atoms with van der Waals surface area (Å²) in [6, 6.07) is 24.7. The number of ether oxygens (including phenoxy) is 2. The maximum Gasteiger partial charge on any atom is 0.319 e. The Morgan fingerprint density at radius 2 is 1.84 bits per heavy atom. The van der Waals surface area contributed by atoms with Gasteiger partial charge in [-0.1, -0.05) is 78.5 Å². The fourth-order valence-corrected chi connectivity index (χ4v) is 4.97. The van der Waals surface area contributed by atoms with Crippen LogP contribution >= 0.6 is 11.8 Å². The molecule has 38 heavy (non-hydrogen) atoms. The van der Waals surface area contributed by atoms with Crippen LogP contribution in [0, 0.1) is 0 Å². The van der Waals surface area contributed by atoms with E-state index in [2.05, 4.69) is 25.8 Å². The normalized spacial score (nSPS) is 19.1. The molecule has 1 aliphatic rings. The number of nitrogens with zero attached hydrogens (tertiary/aromatic N) is 2. The van der Waals surface area contributed by atoms with E-state index in [1.807, 2.05) is 78.9 Å². The maximum absolute atomic E-state index is 12.5. The molecule has 4 N–H and O–H groups in total. The standard InChI is InChI=1S/C28H29N5O4S/c34-16-20-9-11-21(12-10-20)25-14-24(17-38-28-30-18-31-33-28)36-26(37-25)22-7-4-8-23(13-22)32-27(35)29-15-19-5-2-1-3-6-19/h1-13,18,24-26,34H,14-17H2,(H2,29,32,35)(H,30,31,33)/t24-,25+,26+/m1/s1. The molecular formula is C28H29N5O4S. The van der Waals surface area contributed by atoms with Gasteiger partial charge in [-0.05, 0) is 28.8 Å². The first-order valence-electron chi connectivity index (χ1n) is 12.3. The van der Waals surface area contributed by atoms with Crippen LogP contribution in [0.5, 0.6) is 0 Å². The number of carbonyl (C=O) groups excluding carboxylic acids is 1. The van der Waals surface area contributed by atoms with Crippen molar-refractivity contribution in [1.82, 2.24) is 20.5 Å². The van der Waals surface area contributed by atoms with Crippen LogP contribution < -0.4 is 10.6 Å². The van der Waals surface area contributed by atoms with Gasteiger partial charge in [-0.25, -0.2) is 9.78 Å². The Balaban J connectivity index is 1.28. The fraction of sp³-hybridized carbons (Fsp3) is 0.250. The smallest absolute Gasteiger partial charge is 0.319 e. The number of aromatic nitrogens is 3. The molecule has 3 aromatic carbocycles. The average molecular weight is 532 g/mol. The Kier molecular flexibility index (Phi) is 8.67. The second-order valence-corrected chi connectivity index (χ2v) is 9.88. The minimum Gasteiger partial charge on any atom is -0.392 e. The molecule has 9 nitrogen and oxygen atoms in total. The van der Waals surface area contributed by atoms with Crippen LogP contribution in [-0.2, 0) is 22.6 Å². The van der Waals surface area contributed by atoms with E-state index in [0.29, 0.717) is 24.4 Å². The Bertz CT molecular complexity index is 1300. The van der Waals surface area contributed by atoms with Crippen molar-refractivity contribution in [3.63, 3.8) is 0 Å². The molecule has 2 heterocycles. The molecule has 0 unspecified atom stereocenters. The predicted octanol–water partition coefficient (Wildman–Crippen LogP) is 4.96. The van der Waals surface area contributed by atoms with Crippen molar-refractivity contribution in [2.24, 2.45) is 0 Å². The minimum atomic E-state index is -0.624. The van der Waals surface area contributed by atoms with Crippen LogP contribution in [0.2, 0.25) is 0 Å². The van der Waals surface area contributed by atoms with Crippen molar-refractivity contribution < 1.29 is 19.4 Å². The number of aromatic amines is 1. The first-order chi connectivity index (χ1) is 18.7. The topological polar surface area (TPSA) is 121 Å². The molecule has 0 bridgehead atoms. The molecule has 0 spiro atoms. The van der Waals surface area contributed by atoms with E-state index < -0.39 is 6.29 Å². The first-order valence-corrected chi connectivity index (χ1v) is 13.3. The number of aliphatic hydroxyl groups excluding tert-OH is 1. The molecule has 0 aliphatic carbocycles. The van der Waals surface area contributed by atoms with Crippen molar-refractivity contribution in [1.29, 1.82) is 0 Å². The summed E-state index contributed by atoms with van der Waals surface area (Å²) in [5, 5.41) is 22.7. The van der Waals surface area contributed by atoms with Crippen molar-refractivity contribution >= 4 is 23.5 Å². The monoisotopic (exact) mass is 531 g/mol. The predicted molar refractivity (Wildman–Crippen MR) is 144 cm³/mol. The van der Waals surface area contributed by atoms with Crippen molar-refractivity contribution in [2.75, 3.05) is 11.1 Å². The van der Waals surface area contributed by atoms with Gasteiger partial charge in [0.15, 0.2) is 11.4 Å². The molecule has 3 atom stereocenters. The molecule has 0 saturated carbocycles. The summed E-state index contributed by atoms with van der Waals surface area (Å²) in [6.07, 6.45) is 1.21. The number of carbonyl (C=O) groups is 1. The third kappa shape index (κ3) is 6.99. The third-order valence-corrected chi connectivity index (χ3v) is 7.13. The van der Waals surface area contributed by atoms with Gasteiger partial charge in [0.25, 0.3) is 0 Å². The summed E-state index contributed by atoms with van der Waals surface area (Å²) in [5.74, 6) is 0.667. The lowest BCUT2D eigenvalue weighted by Crippen LogP contribution is -2.31. The van der Waals surface area contributed by atoms with Gasteiger partial charge in [0.05, 0.1) is 18.8 Å². The molecule has 0 radical (unpaired) electrons. The van der Waals surface area contributed by atoms with Crippen LogP contribution in [0.25, 0.3) is 0 Å². The lowest BCUT2D eigenvalue weighted by atomic mass is 10.0. The summed E-state index contributed by atoms with van der Waals surface area (Å²) in [5.41, 5.74) is 4.33. The van der Waals surface area contributed by atoms with E-state index in [1.54, 1.807) is 11.8 Å². The molecule has 1 aromatic heterocycles. The number of nitrogens with one attached hydrogen (secondary N) is 3. The van der Waals surface area contributed by atoms with E-state index in [9.17, 15) is 9.90 Å². The van der Waals surface area contributed by atoms with E-state index >= 15 is 0 Å². The highest BCUT2D eigenvalue weighted by atomic mass is 32.2. The zero-order chi connectivity index (χ0) is 26.2. The summed E-state index contributed by atoms with van der Waals surface area (Å²) >= 11 is 1.54. The molecule has 4 aromatic rings. The molecule has 1 aliphatic heterocycles. The molecule has 196 valence electrons. The quantitative estimate of drug-likeness (QED) is 0.225. The summed E-state index contributed by atoms with van der Waals surface area (Å²) in [7, 11) is 0. The second-order valence-electron chi connectivity index (χ2n) is 8.87. The molecule has 1 saturated heterocycles. The van der Waals surface area contributed by atoms with Crippen LogP contribution in [0.1, 0.15) is 41.1 Å². The lowest BCUT2D eigenvalue weighted by molar-refractivity contribution is -0.245. The molecule has 10 heteroatoms. The highest BCUT2D eigenvalue weighted by Crippen LogP contribution is 2.39. The largest absolute Gasteiger partial charge is 0.392 e. The molecule has 1 fully saturated rings. The number of thioether (sulfide) groups is 1. The minimum absolute atomic E-state index is 0.00724. The van der Waals surface area contributed by atoms with Gasteiger partial charge < -0.3 is 25.2 Å². The number of hydrogen-bond acceptors (Lipinski definition) is 7.